The maximum absolute atomic E-state index is 13.2. The summed E-state index contributed by atoms with van der Waals surface area (Å²) in [5, 5.41) is 2.73. The van der Waals surface area contributed by atoms with Crippen molar-refractivity contribution in [1.29, 1.82) is 0 Å². The van der Waals surface area contributed by atoms with Crippen molar-refractivity contribution in [3.8, 4) is 0 Å². The van der Waals surface area contributed by atoms with Gasteiger partial charge in [0.15, 0.2) is 0 Å². The fourth-order valence-corrected chi connectivity index (χ4v) is 3.96. The first-order valence-corrected chi connectivity index (χ1v) is 10.0. The fraction of sp³-hybridized carbons (Fsp3) is 0.500. The quantitative estimate of drug-likeness (QED) is 0.793. The minimum atomic E-state index is -0.223. The molecule has 2 heterocycles. The summed E-state index contributed by atoms with van der Waals surface area (Å²) in [4.78, 5) is 41.1. The maximum Gasteiger partial charge on any atom is 0.277 e. The van der Waals surface area contributed by atoms with E-state index in [1.807, 2.05) is 13.8 Å². The van der Waals surface area contributed by atoms with Gasteiger partial charge in [0, 0.05) is 32.2 Å². The number of anilines is 1. The van der Waals surface area contributed by atoms with Gasteiger partial charge >= 0.3 is 0 Å². The number of nitrogens with one attached hydrogen (secondary N) is 1. The van der Waals surface area contributed by atoms with Crippen molar-refractivity contribution in [2.45, 2.75) is 40.5 Å². The molecule has 1 unspecified atom stereocenters. The highest BCUT2D eigenvalue weighted by atomic mass is 16.2. The van der Waals surface area contributed by atoms with Gasteiger partial charge in [0.25, 0.3) is 11.8 Å². The smallest absolute Gasteiger partial charge is 0.277 e. The molecule has 0 saturated carbocycles. The normalized spacial score (nSPS) is 20.4. The molecule has 28 heavy (non-hydrogen) atoms. The average molecular weight is 383 g/mol. The van der Waals surface area contributed by atoms with Crippen LogP contribution in [0, 0.1) is 11.8 Å². The van der Waals surface area contributed by atoms with Crippen molar-refractivity contribution >= 4 is 29.0 Å². The van der Waals surface area contributed by atoms with Crippen LogP contribution in [0.4, 0.5) is 5.69 Å². The van der Waals surface area contributed by atoms with E-state index >= 15 is 0 Å². The predicted molar refractivity (Wildman–Crippen MR) is 109 cm³/mol. The van der Waals surface area contributed by atoms with E-state index < -0.39 is 0 Å². The summed E-state index contributed by atoms with van der Waals surface area (Å²) < 4.78 is 0. The van der Waals surface area contributed by atoms with Crippen LogP contribution >= 0.6 is 0 Å². The second-order valence-corrected chi connectivity index (χ2v) is 8.29. The van der Waals surface area contributed by atoms with Crippen LogP contribution in [0.15, 0.2) is 30.0 Å². The molecule has 2 aliphatic heterocycles. The largest absolute Gasteiger partial charge is 0.366 e. The van der Waals surface area contributed by atoms with Crippen LogP contribution in [0.3, 0.4) is 0 Å². The summed E-state index contributed by atoms with van der Waals surface area (Å²) in [6.45, 7) is 9.64. The molecule has 1 fully saturated rings. The molecule has 0 bridgehead atoms. The molecule has 1 N–H and O–H groups in total. The summed E-state index contributed by atoms with van der Waals surface area (Å²) in [5.41, 5.74) is 2.39. The number of carbonyl (C=O) groups excluding carboxylic acids is 3. The van der Waals surface area contributed by atoms with Gasteiger partial charge in [-0.3, -0.25) is 19.3 Å². The molecule has 6 nitrogen and oxygen atoms in total. The van der Waals surface area contributed by atoms with Crippen molar-refractivity contribution < 1.29 is 14.4 Å². The van der Waals surface area contributed by atoms with Crippen LogP contribution in [0.2, 0.25) is 0 Å². The Morgan fingerprint density at radius 2 is 1.86 bits per heavy atom. The number of hydrogen-bond donors (Lipinski definition) is 1. The minimum Gasteiger partial charge on any atom is -0.366 e. The first-order chi connectivity index (χ1) is 13.3. The Kier molecular flexibility index (Phi) is 5.87. The van der Waals surface area contributed by atoms with Gasteiger partial charge in [0.1, 0.15) is 5.70 Å². The minimum absolute atomic E-state index is 0.148. The van der Waals surface area contributed by atoms with Crippen molar-refractivity contribution in [2.24, 2.45) is 11.8 Å². The van der Waals surface area contributed by atoms with Gasteiger partial charge in [-0.15, -0.1) is 0 Å². The Morgan fingerprint density at radius 1 is 1.18 bits per heavy atom. The summed E-state index contributed by atoms with van der Waals surface area (Å²) >= 11 is 0. The summed E-state index contributed by atoms with van der Waals surface area (Å²) in [7, 11) is 0. The number of nitrogens with zero attached hydrogens (tertiary/aromatic N) is 2. The Labute approximate surface area is 166 Å². The highest BCUT2D eigenvalue weighted by Gasteiger charge is 2.42. The molecule has 3 rings (SSSR count). The molecule has 6 heteroatoms. The number of amides is 3. The fourth-order valence-electron chi connectivity index (χ4n) is 3.96. The Morgan fingerprint density at radius 3 is 2.43 bits per heavy atom. The van der Waals surface area contributed by atoms with Gasteiger partial charge in [-0.2, -0.15) is 0 Å². The number of hydrogen-bond acceptors (Lipinski definition) is 4. The molecule has 1 saturated heterocycles. The zero-order valence-corrected chi connectivity index (χ0v) is 17.1. The van der Waals surface area contributed by atoms with Crippen LogP contribution in [-0.2, 0) is 14.4 Å². The molecule has 2 aliphatic rings. The number of likely N-dealkylation sites (tertiary alicyclic amines) is 1. The van der Waals surface area contributed by atoms with Crippen LogP contribution in [-0.4, -0.2) is 47.2 Å². The van der Waals surface area contributed by atoms with Gasteiger partial charge in [-0.1, -0.05) is 32.9 Å². The SMILES string of the molecule is CC(=O)Nc1ccc(C2=C(N3CCCC(C)C3)C(=O)N(CC(C)C)C2=O)cc1. The zero-order valence-electron chi connectivity index (χ0n) is 17.1. The molecule has 1 atom stereocenters. The van der Waals surface area contributed by atoms with Crippen LogP contribution in [0.1, 0.15) is 46.1 Å². The van der Waals surface area contributed by atoms with E-state index in [1.54, 1.807) is 24.3 Å². The van der Waals surface area contributed by atoms with E-state index in [0.717, 1.165) is 25.9 Å². The van der Waals surface area contributed by atoms with Crippen molar-refractivity contribution in [3.05, 3.63) is 35.5 Å². The molecular formula is C22H29N3O3. The second-order valence-electron chi connectivity index (χ2n) is 8.29. The van der Waals surface area contributed by atoms with Gasteiger partial charge in [0.05, 0.1) is 5.57 Å². The predicted octanol–water partition coefficient (Wildman–Crippen LogP) is 3.11. The molecule has 0 aromatic heterocycles. The van der Waals surface area contributed by atoms with Gasteiger partial charge in [-0.05, 0) is 42.4 Å². The standard InChI is InChI=1S/C22H29N3O3/c1-14(2)12-25-21(27)19(17-7-9-18(10-8-17)23-16(4)26)20(22(25)28)24-11-5-6-15(3)13-24/h7-10,14-15H,5-6,11-13H2,1-4H3,(H,23,26). The topological polar surface area (TPSA) is 69.7 Å². The third-order valence-corrected chi connectivity index (χ3v) is 5.16. The van der Waals surface area contributed by atoms with E-state index in [9.17, 15) is 14.4 Å². The van der Waals surface area contributed by atoms with Crippen molar-refractivity contribution in [1.82, 2.24) is 9.80 Å². The molecule has 0 aliphatic carbocycles. The Bertz CT molecular complexity index is 811. The molecule has 1 aromatic rings. The first kappa shape index (κ1) is 20.1. The highest BCUT2D eigenvalue weighted by molar-refractivity contribution is 6.35. The number of carbonyl (C=O) groups is 3. The summed E-state index contributed by atoms with van der Waals surface area (Å²) in [5.74, 6) is 0.140. The average Bonchev–Trinajstić information content (AvgIpc) is 2.86. The lowest BCUT2D eigenvalue weighted by molar-refractivity contribution is -0.138. The van der Waals surface area contributed by atoms with Crippen LogP contribution < -0.4 is 5.32 Å². The van der Waals surface area contributed by atoms with Crippen molar-refractivity contribution in [2.75, 3.05) is 25.0 Å². The third-order valence-electron chi connectivity index (χ3n) is 5.16. The molecule has 0 radical (unpaired) electrons. The lowest BCUT2D eigenvalue weighted by Crippen LogP contribution is -2.40. The van der Waals surface area contributed by atoms with E-state index in [-0.39, 0.29) is 23.6 Å². The number of imide groups is 1. The number of rotatable bonds is 5. The van der Waals surface area contributed by atoms with E-state index in [2.05, 4.69) is 17.1 Å². The second kappa shape index (κ2) is 8.17. The Balaban J connectivity index is 2.01. The highest BCUT2D eigenvalue weighted by Crippen LogP contribution is 2.34. The van der Waals surface area contributed by atoms with Crippen LogP contribution in [0.5, 0.6) is 0 Å². The molecule has 0 spiro atoms. The maximum atomic E-state index is 13.2. The van der Waals surface area contributed by atoms with E-state index in [1.165, 1.54) is 11.8 Å². The summed E-state index contributed by atoms with van der Waals surface area (Å²) in [6.07, 6.45) is 2.16. The van der Waals surface area contributed by atoms with Crippen molar-refractivity contribution in [3.63, 3.8) is 0 Å². The molecule has 150 valence electrons. The molecule has 1 aromatic carbocycles. The van der Waals surface area contributed by atoms with Crippen LogP contribution in [0.25, 0.3) is 5.57 Å². The van der Waals surface area contributed by atoms with E-state index in [0.29, 0.717) is 35.0 Å². The lowest BCUT2D eigenvalue weighted by atomic mass is 9.97. The van der Waals surface area contributed by atoms with Gasteiger partial charge in [-0.25, -0.2) is 0 Å². The molecule has 3 amide bonds. The molecular weight excluding hydrogens is 354 g/mol. The number of piperidine rings is 1. The third kappa shape index (κ3) is 4.11. The zero-order chi connectivity index (χ0) is 20.4. The first-order valence-electron chi connectivity index (χ1n) is 10.0. The summed E-state index contributed by atoms with van der Waals surface area (Å²) in [6, 6.07) is 7.14. The van der Waals surface area contributed by atoms with E-state index in [4.69, 9.17) is 0 Å². The van der Waals surface area contributed by atoms with Gasteiger partial charge < -0.3 is 10.2 Å². The van der Waals surface area contributed by atoms with Gasteiger partial charge in [0.2, 0.25) is 5.91 Å². The number of benzene rings is 1. The Hall–Kier alpha value is -2.63. The lowest BCUT2D eigenvalue weighted by Gasteiger charge is -2.33. The monoisotopic (exact) mass is 383 g/mol.